The van der Waals surface area contributed by atoms with Crippen LogP contribution in [0.4, 0.5) is 0 Å². The molecule has 2 amide bonds. The Hall–Kier alpha value is -2.67. The summed E-state index contributed by atoms with van der Waals surface area (Å²) < 4.78 is 16.2. The third-order valence-corrected chi connectivity index (χ3v) is 6.97. The predicted octanol–water partition coefficient (Wildman–Crippen LogP) is 5.03. The molecule has 31 heavy (non-hydrogen) atoms. The molecule has 0 saturated heterocycles. The molecule has 2 aromatic rings. The van der Waals surface area contributed by atoms with Gasteiger partial charge in [0.1, 0.15) is 5.76 Å². The number of thioether (sulfide) groups is 1. The molecule has 2 heterocycles. The molecule has 1 saturated carbocycles. The molecule has 1 aromatic heterocycles. The molecule has 1 fully saturated rings. The van der Waals surface area contributed by atoms with Gasteiger partial charge in [-0.15, -0.1) is 11.8 Å². The minimum atomic E-state index is -0.217. The average molecular weight is 442 g/mol. The number of imide groups is 1. The second kappa shape index (κ2) is 9.64. The van der Waals surface area contributed by atoms with E-state index in [1.165, 1.54) is 16.7 Å². The fraction of sp³-hybridized carbons (Fsp3) is 0.417. The zero-order valence-corrected chi connectivity index (χ0v) is 18.7. The minimum absolute atomic E-state index is 0.0423. The highest BCUT2D eigenvalue weighted by Crippen LogP contribution is 2.42. The lowest BCUT2D eigenvalue weighted by molar-refractivity contribution is -0.139. The molecule has 7 heteroatoms. The van der Waals surface area contributed by atoms with Crippen LogP contribution in [0.15, 0.2) is 45.9 Å². The van der Waals surface area contributed by atoms with Gasteiger partial charge in [-0.2, -0.15) is 0 Å². The fourth-order valence-electron chi connectivity index (χ4n) is 4.29. The lowest BCUT2D eigenvalue weighted by Gasteiger charge is -2.25. The molecular weight excluding hydrogens is 414 g/mol. The molecule has 0 N–H and O–H groups in total. The number of carbonyl (C=O) groups excluding carboxylic acids is 2. The number of nitrogens with zero attached hydrogens (tertiary/aromatic N) is 1. The van der Waals surface area contributed by atoms with Gasteiger partial charge in [0.05, 0.1) is 36.7 Å². The van der Waals surface area contributed by atoms with Crippen LogP contribution in [0.25, 0.3) is 5.57 Å². The third-order valence-electron chi connectivity index (χ3n) is 5.87. The van der Waals surface area contributed by atoms with Gasteiger partial charge in [-0.25, -0.2) is 0 Å². The van der Waals surface area contributed by atoms with E-state index in [1.807, 2.05) is 18.2 Å². The van der Waals surface area contributed by atoms with Crippen molar-refractivity contribution in [2.24, 2.45) is 0 Å². The molecular formula is C24H27NO5S. The van der Waals surface area contributed by atoms with Crippen LogP contribution in [0, 0.1) is 0 Å². The van der Waals surface area contributed by atoms with Crippen molar-refractivity contribution in [2.75, 3.05) is 14.2 Å². The Kier molecular flexibility index (Phi) is 6.70. The van der Waals surface area contributed by atoms with Gasteiger partial charge < -0.3 is 13.9 Å². The van der Waals surface area contributed by atoms with E-state index in [-0.39, 0.29) is 17.9 Å². The Bertz CT molecular complexity index is 974. The topological polar surface area (TPSA) is 69.0 Å². The van der Waals surface area contributed by atoms with Gasteiger partial charge in [0.2, 0.25) is 0 Å². The highest BCUT2D eigenvalue weighted by molar-refractivity contribution is 8.03. The maximum Gasteiger partial charge on any atom is 0.268 e. The summed E-state index contributed by atoms with van der Waals surface area (Å²) in [6, 6.07) is 8.99. The number of rotatable bonds is 7. The summed E-state index contributed by atoms with van der Waals surface area (Å²) in [5, 5.41) is 0. The highest BCUT2D eigenvalue weighted by atomic mass is 32.2. The van der Waals surface area contributed by atoms with E-state index >= 15 is 0 Å². The number of hydrogen-bond donors (Lipinski definition) is 0. The Morgan fingerprint density at radius 2 is 1.74 bits per heavy atom. The molecule has 0 spiro atoms. The summed E-state index contributed by atoms with van der Waals surface area (Å²) in [7, 11) is 3.13. The Labute approximate surface area is 186 Å². The molecule has 1 aromatic carbocycles. The lowest BCUT2D eigenvalue weighted by atomic mass is 10.0. The molecule has 1 aliphatic carbocycles. The van der Waals surface area contributed by atoms with Crippen LogP contribution in [-0.2, 0) is 15.3 Å². The zero-order valence-electron chi connectivity index (χ0n) is 17.9. The molecule has 1 aliphatic heterocycles. The van der Waals surface area contributed by atoms with Crippen molar-refractivity contribution in [1.29, 1.82) is 0 Å². The van der Waals surface area contributed by atoms with Crippen molar-refractivity contribution in [1.82, 2.24) is 4.90 Å². The largest absolute Gasteiger partial charge is 0.493 e. The van der Waals surface area contributed by atoms with E-state index < -0.39 is 0 Å². The summed E-state index contributed by atoms with van der Waals surface area (Å²) in [5.41, 5.74) is 1.10. The van der Waals surface area contributed by atoms with Crippen LogP contribution in [0.5, 0.6) is 11.5 Å². The number of amides is 2. The van der Waals surface area contributed by atoms with Crippen LogP contribution in [0.1, 0.15) is 49.8 Å². The van der Waals surface area contributed by atoms with Crippen molar-refractivity contribution in [3.63, 3.8) is 0 Å². The van der Waals surface area contributed by atoms with E-state index in [9.17, 15) is 9.59 Å². The monoisotopic (exact) mass is 441 g/mol. The Morgan fingerprint density at radius 1 is 1.00 bits per heavy atom. The fourth-order valence-corrected chi connectivity index (χ4v) is 5.31. The summed E-state index contributed by atoms with van der Waals surface area (Å²) in [5.74, 6) is 1.93. The second-order valence-electron chi connectivity index (χ2n) is 7.77. The summed E-state index contributed by atoms with van der Waals surface area (Å²) in [6.07, 6.45) is 7.74. The number of furan rings is 1. The first kappa shape index (κ1) is 21.6. The van der Waals surface area contributed by atoms with E-state index in [0.717, 1.165) is 44.3 Å². The number of ether oxygens (including phenoxy) is 2. The predicted molar refractivity (Wildman–Crippen MR) is 120 cm³/mol. The number of benzene rings is 1. The number of carbonyl (C=O) groups is 2. The number of hydrogen-bond acceptors (Lipinski definition) is 6. The lowest BCUT2D eigenvalue weighted by Crippen LogP contribution is -2.40. The van der Waals surface area contributed by atoms with Crippen LogP contribution in [0.2, 0.25) is 0 Å². The van der Waals surface area contributed by atoms with Crippen molar-refractivity contribution in [2.45, 2.75) is 50.3 Å². The van der Waals surface area contributed by atoms with Crippen LogP contribution in [0.3, 0.4) is 0 Å². The van der Waals surface area contributed by atoms with Crippen molar-refractivity contribution < 1.29 is 23.5 Å². The first-order valence-electron chi connectivity index (χ1n) is 10.6. The van der Waals surface area contributed by atoms with Gasteiger partial charge in [0.25, 0.3) is 11.8 Å². The van der Waals surface area contributed by atoms with Gasteiger partial charge in [0.15, 0.2) is 11.5 Å². The van der Waals surface area contributed by atoms with Gasteiger partial charge in [-0.3, -0.25) is 14.5 Å². The average Bonchev–Trinajstić information content (AvgIpc) is 3.28. The van der Waals surface area contributed by atoms with Crippen LogP contribution < -0.4 is 9.47 Å². The summed E-state index contributed by atoms with van der Waals surface area (Å²) >= 11 is 1.35. The van der Waals surface area contributed by atoms with Gasteiger partial charge in [0, 0.05) is 6.04 Å². The molecule has 0 unspecified atom stereocenters. The van der Waals surface area contributed by atoms with Crippen molar-refractivity contribution in [3.8, 4) is 11.5 Å². The van der Waals surface area contributed by atoms with Crippen LogP contribution in [-0.4, -0.2) is 37.0 Å². The maximum atomic E-state index is 13.6. The molecule has 0 bridgehead atoms. The van der Waals surface area contributed by atoms with Crippen molar-refractivity contribution in [3.05, 3.63) is 52.8 Å². The van der Waals surface area contributed by atoms with Crippen molar-refractivity contribution >= 4 is 29.1 Å². The first-order chi connectivity index (χ1) is 15.1. The quantitative estimate of drug-likeness (QED) is 0.443. The summed E-state index contributed by atoms with van der Waals surface area (Å²) in [4.78, 5) is 29.1. The minimum Gasteiger partial charge on any atom is -0.493 e. The van der Waals surface area contributed by atoms with Gasteiger partial charge in [-0.1, -0.05) is 31.7 Å². The molecule has 2 aliphatic rings. The Morgan fingerprint density at radius 3 is 2.39 bits per heavy atom. The smallest absolute Gasteiger partial charge is 0.268 e. The maximum absolute atomic E-state index is 13.6. The van der Waals surface area contributed by atoms with Gasteiger partial charge in [-0.05, 0) is 42.7 Å². The Balaban J connectivity index is 1.72. The molecule has 4 rings (SSSR count). The molecule has 0 atom stereocenters. The van der Waals surface area contributed by atoms with E-state index in [0.29, 0.717) is 33.3 Å². The first-order valence-corrected chi connectivity index (χ1v) is 11.6. The third kappa shape index (κ3) is 4.37. The van der Waals surface area contributed by atoms with Gasteiger partial charge >= 0.3 is 0 Å². The van der Waals surface area contributed by atoms with Crippen LogP contribution >= 0.6 is 11.8 Å². The normalized spacial score (nSPS) is 17.9. The van der Waals surface area contributed by atoms with E-state index in [2.05, 4.69) is 0 Å². The molecule has 0 radical (unpaired) electrons. The molecule has 6 nitrogen and oxygen atoms in total. The molecule has 164 valence electrons. The second-order valence-corrected chi connectivity index (χ2v) is 8.75. The summed E-state index contributed by atoms with van der Waals surface area (Å²) in [6.45, 7) is 0. The van der Waals surface area contributed by atoms with E-state index in [4.69, 9.17) is 13.9 Å². The van der Waals surface area contributed by atoms with E-state index in [1.54, 1.807) is 32.6 Å². The highest BCUT2D eigenvalue weighted by Gasteiger charge is 2.43. The standard InChI is InChI=1S/C24H27NO5S/c1-28-19-12-11-16(14-20(19)29-2)21-22(31-15-18-10-7-13-30-18)24(27)25(23(21)26)17-8-5-3-4-6-9-17/h7,10-14,17H,3-6,8-9,15H2,1-2H3. The number of methoxy groups -OCH3 is 2. The zero-order chi connectivity index (χ0) is 21.8. The SMILES string of the molecule is COc1ccc(C2=C(SCc3ccco3)C(=O)N(C3CCCCCC3)C2=O)cc1OC.